The highest BCUT2D eigenvalue weighted by Crippen LogP contribution is 2.59. The number of hydrogen-bond acceptors (Lipinski definition) is 6. The number of amides is 4. The summed E-state index contributed by atoms with van der Waals surface area (Å²) in [5, 5.41) is 0. The summed E-state index contributed by atoms with van der Waals surface area (Å²) in [6.07, 6.45) is -12.3. The van der Waals surface area contributed by atoms with Crippen molar-refractivity contribution >= 4 is 46.4 Å². The Balaban J connectivity index is 1.06. The molecule has 2 heterocycles. The number of carbonyl (C=O) groups is 4. The van der Waals surface area contributed by atoms with E-state index in [1.807, 2.05) is 61.5 Å². The molecule has 1 aliphatic carbocycles. The summed E-state index contributed by atoms with van der Waals surface area (Å²) in [5.74, 6) is -4.11. The molecule has 346 valence electrons. The third-order valence-corrected chi connectivity index (χ3v) is 13.8. The second-order valence-electron chi connectivity index (χ2n) is 17.9. The van der Waals surface area contributed by atoms with Gasteiger partial charge < -0.3 is 9.80 Å². The third-order valence-electron chi connectivity index (χ3n) is 13.8. The van der Waals surface area contributed by atoms with E-state index in [0.717, 1.165) is 56.1 Å². The van der Waals surface area contributed by atoms with Crippen molar-refractivity contribution in [3.8, 4) is 11.1 Å². The highest BCUT2D eigenvalue weighted by molar-refractivity contribution is 6.35. The summed E-state index contributed by atoms with van der Waals surface area (Å²) in [6.45, 7) is 1.68. The minimum atomic E-state index is -6.13. The van der Waals surface area contributed by atoms with Crippen molar-refractivity contribution in [1.82, 2.24) is 0 Å². The standard InChI is InChI=1S/C55H40F6N4O4/c1-31-28-33(52(32-14-19-36(20-15-32)62(2)3)45-12-8-6-10-39(45)40-11-7-9-13-46(40)52)18-27-47(31)65-49(67)42-26-17-35(30-44(42)51(65)69)53(54(56,57)58,55(59,60)61)34-16-25-41-43(29-34)50(68)64(48(41)66)38-23-21-37(22-24-38)63(4)5/h6-30H,1-5H3. The van der Waals surface area contributed by atoms with Gasteiger partial charge in [0.1, 0.15) is 0 Å². The molecule has 0 saturated heterocycles. The number of carbonyl (C=O) groups excluding carboxylic acids is 4. The molecule has 7 aromatic carbocycles. The monoisotopic (exact) mass is 934 g/mol. The van der Waals surface area contributed by atoms with Gasteiger partial charge in [0, 0.05) is 39.6 Å². The van der Waals surface area contributed by atoms with Gasteiger partial charge in [0.25, 0.3) is 23.6 Å². The number of anilines is 4. The van der Waals surface area contributed by atoms with Gasteiger partial charge in [0.15, 0.2) is 0 Å². The van der Waals surface area contributed by atoms with E-state index in [9.17, 15) is 19.2 Å². The van der Waals surface area contributed by atoms with Crippen LogP contribution in [0, 0.1) is 6.92 Å². The van der Waals surface area contributed by atoms with E-state index in [2.05, 4.69) is 36.4 Å². The summed E-state index contributed by atoms with van der Waals surface area (Å²) >= 11 is 0. The molecule has 7 aromatic rings. The van der Waals surface area contributed by atoms with Gasteiger partial charge in [0.05, 0.1) is 39.0 Å². The van der Waals surface area contributed by atoms with E-state index in [1.54, 1.807) is 50.2 Å². The maximum atomic E-state index is 15.6. The van der Waals surface area contributed by atoms with E-state index >= 15 is 26.3 Å². The number of benzene rings is 7. The van der Waals surface area contributed by atoms with Crippen LogP contribution in [0.3, 0.4) is 0 Å². The molecule has 0 radical (unpaired) electrons. The first-order valence-corrected chi connectivity index (χ1v) is 21.8. The van der Waals surface area contributed by atoms with Crippen LogP contribution < -0.4 is 19.6 Å². The maximum Gasteiger partial charge on any atom is 0.411 e. The molecule has 8 nitrogen and oxygen atoms in total. The average molecular weight is 935 g/mol. The first-order chi connectivity index (χ1) is 32.7. The molecule has 0 unspecified atom stereocenters. The van der Waals surface area contributed by atoms with Crippen molar-refractivity contribution in [2.45, 2.75) is 30.1 Å². The van der Waals surface area contributed by atoms with Crippen LogP contribution in [-0.2, 0) is 10.8 Å². The molecule has 0 bridgehead atoms. The normalized spacial score (nSPS) is 15.1. The van der Waals surface area contributed by atoms with Crippen LogP contribution in [0.2, 0.25) is 0 Å². The fourth-order valence-electron chi connectivity index (χ4n) is 10.5. The van der Waals surface area contributed by atoms with E-state index in [-0.39, 0.29) is 16.9 Å². The zero-order valence-electron chi connectivity index (χ0n) is 37.6. The summed E-state index contributed by atoms with van der Waals surface area (Å²) in [5.41, 5.74) is -2.62. The van der Waals surface area contributed by atoms with Gasteiger partial charge in [-0.25, -0.2) is 9.80 Å². The van der Waals surface area contributed by atoms with E-state index < -0.39 is 74.6 Å². The molecule has 0 N–H and O–H groups in total. The van der Waals surface area contributed by atoms with Crippen LogP contribution in [0.15, 0.2) is 152 Å². The van der Waals surface area contributed by atoms with Gasteiger partial charge in [-0.05, 0) is 124 Å². The van der Waals surface area contributed by atoms with Crippen LogP contribution in [0.1, 0.15) is 80.4 Å². The van der Waals surface area contributed by atoms with Crippen molar-refractivity contribution in [2.75, 3.05) is 47.8 Å². The Hall–Kier alpha value is -8.00. The van der Waals surface area contributed by atoms with Crippen LogP contribution in [0.25, 0.3) is 11.1 Å². The van der Waals surface area contributed by atoms with Gasteiger partial charge in [-0.15, -0.1) is 0 Å². The van der Waals surface area contributed by atoms with Gasteiger partial charge in [-0.1, -0.05) is 84.9 Å². The Morgan fingerprint density at radius 1 is 0.435 bits per heavy atom. The lowest BCUT2D eigenvalue weighted by molar-refractivity contribution is -0.288. The average Bonchev–Trinajstić information content (AvgIpc) is 3.86. The van der Waals surface area contributed by atoms with E-state index in [1.165, 1.54) is 12.1 Å². The lowest BCUT2D eigenvalue weighted by Gasteiger charge is -2.38. The number of hydrogen-bond donors (Lipinski definition) is 0. The predicted octanol–water partition coefficient (Wildman–Crippen LogP) is 11.5. The molecular weight excluding hydrogens is 895 g/mol. The van der Waals surface area contributed by atoms with Gasteiger partial charge in [-0.3, -0.25) is 19.2 Å². The summed E-state index contributed by atoms with van der Waals surface area (Å²) in [7, 11) is 7.40. The first kappa shape index (κ1) is 44.8. The van der Waals surface area contributed by atoms with Crippen molar-refractivity contribution in [3.05, 3.63) is 213 Å². The van der Waals surface area contributed by atoms with Gasteiger partial charge in [-0.2, -0.15) is 26.3 Å². The molecule has 2 aliphatic heterocycles. The highest BCUT2D eigenvalue weighted by Gasteiger charge is 2.73. The van der Waals surface area contributed by atoms with Crippen LogP contribution in [-0.4, -0.2) is 64.2 Å². The van der Waals surface area contributed by atoms with Crippen molar-refractivity contribution in [3.63, 3.8) is 0 Å². The minimum absolute atomic E-state index is 0.0612. The van der Waals surface area contributed by atoms with Crippen molar-refractivity contribution < 1.29 is 45.5 Å². The number of rotatable bonds is 8. The van der Waals surface area contributed by atoms with Crippen LogP contribution >= 0.6 is 0 Å². The molecule has 4 amide bonds. The number of imide groups is 2. The van der Waals surface area contributed by atoms with E-state index in [0.29, 0.717) is 40.4 Å². The van der Waals surface area contributed by atoms with E-state index in [4.69, 9.17) is 0 Å². The van der Waals surface area contributed by atoms with Crippen LogP contribution in [0.4, 0.5) is 49.1 Å². The zero-order chi connectivity index (χ0) is 49.1. The largest absolute Gasteiger partial charge is 0.411 e. The first-order valence-electron chi connectivity index (χ1n) is 21.8. The molecular formula is C55H40F6N4O4. The molecule has 0 spiro atoms. The molecule has 10 rings (SSSR count). The Labute approximate surface area is 392 Å². The molecule has 3 aliphatic rings. The second-order valence-corrected chi connectivity index (χ2v) is 17.9. The fraction of sp³-hybridized carbons (Fsp3) is 0.164. The number of fused-ring (bicyclic) bond motifs is 5. The molecule has 14 heteroatoms. The Bertz CT molecular complexity index is 3260. The molecule has 69 heavy (non-hydrogen) atoms. The highest BCUT2D eigenvalue weighted by atomic mass is 19.4. The zero-order valence-corrected chi connectivity index (χ0v) is 37.6. The lowest BCUT2D eigenvalue weighted by Crippen LogP contribution is -2.55. The Kier molecular flexibility index (Phi) is 10.1. The van der Waals surface area contributed by atoms with Gasteiger partial charge in [0.2, 0.25) is 5.41 Å². The fourth-order valence-corrected chi connectivity index (χ4v) is 10.5. The van der Waals surface area contributed by atoms with Crippen LogP contribution in [0.5, 0.6) is 0 Å². The quantitative estimate of drug-likeness (QED) is 0.112. The molecule has 0 fully saturated rings. The number of halogens is 6. The predicted molar refractivity (Wildman–Crippen MR) is 252 cm³/mol. The number of nitrogens with zero attached hydrogens (tertiary/aromatic N) is 4. The summed E-state index contributed by atoms with van der Waals surface area (Å²) < 4.78 is 93.9. The molecule has 0 aromatic heterocycles. The van der Waals surface area contributed by atoms with Gasteiger partial charge >= 0.3 is 12.4 Å². The van der Waals surface area contributed by atoms with Crippen molar-refractivity contribution in [2.24, 2.45) is 0 Å². The molecule has 0 atom stereocenters. The maximum absolute atomic E-state index is 15.6. The topological polar surface area (TPSA) is 81.2 Å². The number of aryl methyl sites for hydroxylation is 1. The number of alkyl halides is 6. The summed E-state index contributed by atoms with van der Waals surface area (Å²) in [6, 6.07) is 39.0. The lowest BCUT2D eigenvalue weighted by atomic mass is 9.67. The Morgan fingerprint density at radius 3 is 1.32 bits per heavy atom. The smallest absolute Gasteiger partial charge is 0.378 e. The Morgan fingerprint density at radius 2 is 0.855 bits per heavy atom. The minimum Gasteiger partial charge on any atom is -0.378 e. The second kappa shape index (κ2) is 15.5. The third kappa shape index (κ3) is 6.30. The van der Waals surface area contributed by atoms with Crippen molar-refractivity contribution in [1.29, 1.82) is 0 Å². The SMILES string of the molecule is Cc1cc(C2(c3ccc(N(C)C)cc3)c3ccccc3-c3ccccc32)ccc1N1C(=O)c2ccc(C(c3ccc4c(c3)C(=O)N(c3ccc(N(C)C)cc3)C4=O)(C(F)(F)F)C(F)(F)F)cc2C1=O. The molecule has 0 saturated carbocycles. The summed E-state index contributed by atoms with van der Waals surface area (Å²) in [4.78, 5) is 61.1.